The first-order chi connectivity index (χ1) is 8.58. The van der Waals surface area contributed by atoms with Crippen molar-refractivity contribution in [2.45, 2.75) is 6.92 Å². The van der Waals surface area contributed by atoms with Crippen LogP contribution >= 0.6 is 0 Å². The number of nitrogen functional groups attached to an aromatic ring is 1. The van der Waals surface area contributed by atoms with Crippen molar-refractivity contribution < 1.29 is 9.66 Å². The lowest BCUT2D eigenvalue weighted by atomic mass is 10.2. The Morgan fingerprint density at radius 2 is 2.33 bits per heavy atom. The molecule has 18 heavy (non-hydrogen) atoms. The number of anilines is 2. The summed E-state index contributed by atoms with van der Waals surface area (Å²) in [6.07, 6.45) is 0. The average molecular weight is 255 g/mol. The summed E-state index contributed by atoms with van der Waals surface area (Å²) in [4.78, 5) is 14.4. The number of methoxy groups -OCH3 is 1. The van der Waals surface area contributed by atoms with E-state index < -0.39 is 4.92 Å². The molecule has 0 radical (unpaired) electrons. The number of aromatic nitrogens is 1. The van der Waals surface area contributed by atoms with Gasteiger partial charge in [0, 0.05) is 19.7 Å². The molecule has 1 heterocycles. The monoisotopic (exact) mass is 255 g/mol. The Hall–Kier alpha value is -1.93. The van der Waals surface area contributed by atoms with E-state index in [9.17, 15) is 10.1 Å². The highest BCUT2D eigenvalue weighted by atomic mass is 16.6. The third kappa shape index (κ3) is 3.82. The number of ether oxygens (including phenoxy) is 1. The van der Waals surface area contributed by atoms with Gasteiger partial charge in [-0.25, -0.2) is 10.8 Å². The minimum atomic E-state index is -0.489. The number of hydrazine groups is 1. The minimum Gasteiger partial charge on any atom is -0.384 e. The second kappa shape index (κ2) is 6.72. The van der Waals surface area contributed by atoms with E-state index in [4.69, 9.17) is 10.6 Å². The Bertz CT molecular complexity index is 412. The molecule has 0 aliphatic rings. The molecule has 0 amide bonds. The van der Waals surface area contributed by atoms with Gasteiger partial charge in [0.15, 0.2) is 0 Å². The van der Waals surface area contributed by atoms with Gasteiger partial charge < -0.3 is 15.5 Å². The fourth-order valence-electron chi connectivity index (χ4n) is 1.42. The van der Waals surface area contributed by atoms with Gasteiger partial charge in [0.2, 0.25) is 5.82 Å². The maximum absolute atomic E-state index is 10.8. The predicted molar refractivity (Wildman–Crippen MR) is 68.2 cm³/mol. The zero-order valence-corrected chi connectivity index (χ0v) is 10.3. The Kier molecular flexibility index (Phi) is 5.28. The molecule has 100 valence electrons. The molecular formula is C10H17N5O3. The fourth-order valence-corrected chi connectivity index (χ4v) is 1.42. The van der Waals surface area contributed by atoms with E-state index in [0.29, 0.717) is 19.0 Å². The molecule has 8 heteroatoms. The quantitative estimate of drug-likeness (QED) is 0.377. The lowest BCUT2D eigenvalue weighted by Crippen LogP contribution is -2.18. The number of nitrogens with one attached hydrogen (secondary N) is 2. The van der Waals surface area contributed by atoms with Crippen LogP contribution in [0.3, 0.4) is 0 Å². The van der Waals surface area contributed by atoms with Crippen molar-refractivity contribution in [1.82, 2.24) is 4.98 Å². The lowest BCUT2D eigenvalue weighted by Gasteiger charge is -2.12. The summed E-state index contributed by atoms with van der Waals surface area (Å²) in [6, 6.07) is 2.80. The number of hydrogen-bond acceptors (Lipinski definition) is 7. The molecule has 0 aromatic carbocycles. The Morgan fingerprint density at radius 1 is 1.61 bits per heavy atom. The number of nitrogens with zero attached hydrogens (tertiary/aromatic N) is 2. The minimum absolute atomic E-state index is 0.0846. The molecule has 1 aromatic rings. The normalized spacial score (nSPS) is 11.9. The van der Waals surface area contributed by atoms with E-state index >= 15 is 0 Å². The summed E-state index contributed by atoms with van der Waals surface area (Å²) in [5.74, 6) is 5.99. The summed E-state index contributed by atoms with van der Waals surface area (Å²) in [7, 11) is 1.61. The van der Waals surface area contributed by atoms with E-state index in [1.54, 1.807) is 7.11 Å². The van der Waals surface area contributed by atoms with Gasteiger partial charge in [0.05, 0.1) is 11.5 Å². The van der Waals surface area contributed by atoms with Crippen LogP contribution in [0.1, 0.15) is 6.92 Å². The maximum atomic E-state index is 10.8. The first kappa shape index (κ1) is 14.1. The number of hydrogen-bond donors (Lipinski definition) is 3. The van der Waals surface area contributed by atoms with E-state index in [-0.39, 0.29) is 17.4 Å². The van der Waals surface area contributed by atoms with Crippen molar-refractivity contribution in [2.75, 3.05) is 31.0 Å². The van der Waals surface area contributed by atoms with Gasteiger partial charge in [-0.1, -0.05) is 6.92 Å². The first-order valence-electron chi connectivity index (χ1n) is 5.43. The molecule has 0 bridgehead atoms. The van der Waals surface area contributed by atoms with Crippen molar-refractivity contribution in [3.63, 3.8) is 0 Å². The average Bonchev–Trinajstić information content (AvgIpc) is 2.36. The number of nitrogens with two attached hydrogens (primary N) is 1. The topological polar surface area (TPSA) is 115 Å². The van der Waals surface area contributed by atoms with Gasteiger partial charge in [-0.2, -0.15) is 0 Å². The van der Waals surface area contributed by atoms with Crippen LogP contribution in [0.2, 0.25) is 0 Å². The molecule has 4 N–H and O–H groups in total. The second-order valence-corrected chi connectivity index (χ2v) is 3.91. The van der Waals surface area contributed by atoms with E-state index in [1.165, 1.54) is 12.1 Å². The van der Waals surface area contributed by atoms with E-state index in [2.05, 4.69) is 15.7 Å². The first-order valence-corrected chi connectivity index (χ1v) is 5.43. The largest absolute Gasteiger partial charge is 0.384 e. The molecule has 8 nitrogen and oxygen atoms in total. The zero-order valence-electron chi connectivity index (χ0n) is 10.3. The molecule has 0 aliphatic carbocycles. The molecule has 0 saturated carbocycles. The Balaban J connectivity index is 2.80. The van der Waals surface area contributed by atoms with Crippen LogP contribution in [0.25, 0.3) is 0 Å². The van der Waals surface area contributed by atoms with Crippen LogP contribution in [-0.4, -0.2) is 30.2 Å². The van der Waals surface area contributed by atoms with E-state index in [0.717, 1.165) is 0 Å². The molecular weight excluding hydrogens is 238 g/mol. The Labute approximate surface area is 105 Å². The van der Waals surface area contributed by atoms with Crippen LogP contribution in [0.15, 0.2) is 12.1 Å². The lowest BCUT2D eigenvalue weighted by molar-refractivity contribution is -0.384. The van der Waals surface area contributed by atoms with Crippen molar-refractivity contribution >= 4 is 17.3 Å². The Morgan fingerprint density at radius 3 is 2.89 bits per heavy atom. The molecule has 0 saturated heterocycles. The smallest absolute Gasteiger partial charge is 0.311 e. The molecule has 1 unspecified atom stereocenters. The summed E-state index contributed by atoms with van der Waals surface area (Å²) < 4.78 is 4.99. The maximum Gasteiger partial charge on any atom is 0.311 e. The number of rotatable bonds is 7. The second-order valence-electron chi connectivity index (χ2n) is 3.91. The van der Waals surface area contributed by atoms with Gasteiger partial charge in [-0.05, 0) is 12.0 Å². The van der Waals surface area contributed by atoms with Crippen LogP contribution in [-0.2, 0) is 4.74 Å². The van der Waals surface area contributed by atoms with Gasteiger partial charge in [0.25, 0.3) is 0 Å². The van der Waals surface area contributed by atoms with Gasteiger partial charge >= 0.3 is 5.69 Å². The summed E-state index contributed by atoms with van der Waals surface area (Å²) in [6.45, 7) is 3.05. The van der Waals surface area contributed by atoms with Gasteiger partial charge in [-0.15, -0.1) is 0 Å². The predicted octanol–water partition coefficient (Wildman–Crippen LogP) is 0.970. The van der Waals surface area contributed by atoms with Crippen molar-refractivity contribution in [2.24, 2.45) is 11.8 Å². The summed E-state index contributed by atoms with van der Waals surface area (Å²) in [5.41, 5.74) is 2.26. The van der Waals surface area contributed by atoms with Gasteiger partial charge in [0.1, 0.15) is 5.82 Å². The third-order valence-electron chi connectivity index (χ3n) is 2.29. The summed E-state index contributed by atoms with van der Waals surface area (Å²) >= 11 is 0. The zero-order chi connectivity index (χ0) is 13.5. The SMILES string of the molecule is COCC(C)CNc1nc(NN)ccc1[N+](=O)[O-]. The molecule has 0 spiro atoms. The summed E-state index contributed by atoms with van der Waals surface area (Å²) in [5, 5.41) is 13.8. The standard InChI is InChI=1S/C10H17N5O3/c1-7(6-18-2)5-12-10-8(15(16)17)3-4-9(13-10)14-11/h3-4,7H,5-6,11H2,1-2H3,(H2,12,13,14). The molecule has 0 fully saturated rings. The van der Waals surface area contributed by atoms with Crippen molar-refractivity contribution in [3.05, 3.63) is 22.2 Å². The van der Waals surface area contributed by atoms with Crippen molar-refractivity contribution in [3.8, 4) is 0 Å². The molecule has 1 atom stereocenters. The molecule has 1 aromatic heterocycles. The van der Waals surface area contributed by atoms with Crippen molar-refractivity contribution in [1.29, 1.82) is 0 Å². The van der Waals surface area contributed by atoms with Crippen LogP contribution in [0.4, 0.5) is 17.3 Å². The van der Waals surface area contributed by atoms with E-state index in [1.807, 2.05) is 6.92 Å². The third-order valence-corrected chi connectivity index (χ3v) is 2.29. The highest BCUT2D eigenvalue weighted by molar-refractivity contribution is 5.59. The molecule has 0 aliphatic heterocycles. The number of nitro groups is 1. The highest BCUT2D eigenvalue weighted by Crippen LogP contribution is 2.23. The fraction of sp³-hybridized carbons (Fsp3) is 0.500. The van der Waals surface area contributed by atoms with Crippen LogP contribution in [0, 0.1) is 16.0 Å². The highest BCUT2D eigenvalue weighted by Gasteiger charge is 2.16. The number of pyridine rings is 1. The molecule has 1 rings (SSSR count). The van der Waals surface area contributed by atoms with Crippen LogP contribution in [0.5, 0.6) is 0 Å². The van der Waals surface area contributed by atoms with Crippen LogP contribution < -0.4 is 16.6 Å². The van der Waals surface area contributed by atoms with Gasteiger partial charge in [-0.3, -0.25) is 10.1 Å².